The van der Waals surface area contributed by atoms with E-state index in [4.69, 9.17) is 0 Å². The molecule has 1 aromatic carbocycles. The van der Waals surface area contributed by atoms with E-state index in [0.29, 0.717) is 25.9 Å². The molecule has 2 rings (SSSR count). The lowest BCUT2D eigenvalue weighted by molar-refractivity contribution is -0.150. The van der Waals surface area contributed by atoms with E-state index >= 15 is 0 Å². The van der Waals surface area contributed by atoms with Crippen LogP contribution in [-0.4, -0.2) is 41.2 Å². The number of amides is 1. The predicted molar refractivity (Wildman–Crippen MR) is 113 cm³/mol. The molecule has 160 valence electrons. The number of unbranched alkanes of at least 4 members (excludes halogenated alkanes) is 1. The third-order valence-electron chi connectivity index (χ3n) is 6.00. The van der Waals surface area contributed by atoms with Crippen LogP contribution in [0.5, 0.6) is 5.75 Å². The molecule has 1 aliphatic heterocycles. The number of carbonyl (C=O) groups is 3. The third kappa shape index (κ3) is 5.66. The van der Waals surface area contributed by atoms with E-state index in [0.717, 1.165) is 37.7 Å². The number of phenolic OH excluding ortho intramolecular Hbond substituents is 1. The molecule has 1 fully saturated rings. The number of hydrogen-bond donors (Lipinski definition) is 3. The normalized spacial score (nSPS) is 19.6. The van der Waals surface area contributed by atoms with E-state index < -0.39 is 22.5 Å². The number of benzene rings is 1. The van der Waals surface area contributed by atoms with Crippen LogP contribution in [0.4, 0.5) is 0 Å². The number of hydrogen-bond acceptors (Lipinski definition) is 5. The molecule has 1 aromatic rings. The SMILES string of the molecule is CCC(C)(C)C(=O)C(=O)C1(C(=O)NCCCCc2ccc(O)cc2)CCCCN1. The molecule has 1 amide bonds. The molecular weight excluding hydrogens is 368 g/mol. The van der Waals surface area contributed by atoms with Gasteiger partial charge in [-0.25, -0.2) is 0 Å². The zero-order valence-electron chi connectivity index (χ0n) is 17.8. The molecular formula is C23H34N2O4. The molecule has 0 spiro atoms. The van der Waals surface area contributed by atoms with Crippen molar-refractivity contribution in [3.05, 3.63) is 29.8 Å². The fourth-order valence-electron chi connectivity index (χ4n) is 3.53. The fraction of sp³-hybridized carbons (Fsp3) is 0.609. The Labute approximate surface area is 173 Å². The summed E-state index contributed by atoms with van der Waals surface area (Å²) < 4.78 is 0. The Hall–Kier alpha value is -2.21. The Bertz CT molecular complexity index is 719. The molecule has 0 aliphatic carbocycles. The van der Waals surface area contributed by atoms with Crippen molar-refractivity contribution in [3.63, 3.8) is 0 Å². The van der Waals surface area contributed by atoms with Gasteiger partial charge in [-0.3, -0.25) is 19.7 Å². The number of nitrogens with one attached hydrogen (secondary N) is 2. The van der Waals surface area contributed by atoms with E-state index in [1.807, 2.05) is 19.1 Å². The van der Waals surface area contributed by atoms with Gasteiger partial charge in [0, 0.05) is 12.0 Å². The number of rotatable bonds is 10. The molecule has 0 bridgehead atoms. The summed E-state index contributed by atoms with van der Waals surface area (Å²) in [5, 5.41) is 15.3. The van der Waals surface area contributed by atoms with Gasteiger partial charge in [-0.15, -0.1) is 0 Å². The minimum absolute atomic E-state index is 0.247. The molecule has 0 aromatic heterocycles. The lowest BCUT2D eigenvalue weighted by atomic mass is 9.74. The zero-order valence-corrected chi connectivity index (χ0v) is 17.8. The highest BCUT2D eigenvalue weighted by molar-refractivity contribution is 6.46. The molecule has 1 heterocycles. The van der Waals surface area contributed by atoms with Gasteiger partial charge in [0.2, 0.25) is 17.5 Å². The summed E-state index contributed by atoms with van der Waals surface area (Å²) in [6.45, 7) is 6.40. The van der Waals surface area contributed by atoms with Crippen molar-refractivity contribution in [1.29, 1.82) is 0 Å². The lowest BCUT2D eigenvalue weighted by Crippen LogP contribution is -2.66. The van der Waals surface area contributed by atoms with Gasteiger partial charge >= 0.3 is 0 Å². The molecule has 1 aliphatic rings. The fourth-order valence-corrected chi connectivity index (χ4v) is 3.53. The Morgan fingerprint density at radius 2 is 1.83 bits per heavy atom. The van der Waals surface area contributed by atoms with Gasteiger partial charge in [0.1, 0.15) is 5.75 Å². The number of ketones is 2. The van der Waals surface area contributed by atoms with E-state index in [9.17, 15) is 19.5 Å². The minimum atomic E-state index is -1.43. The summed E-state index contributed by atoms with van der Waals surface area (Å²) in [6, 6.07) is 7.09. The van der Waals surface area contributed by atoms with Crippen LogP contribution >= 0.6 is 0 Å². The second kappa shape index (κ2) is 10.0. The summed E-state index contributed by atoms with van der Waals surface area (Å²) in [7, 11) is 0. The van der Waals surface area contributed by atoms with Gasteiger partial charge in [-0.1, -0.05) is 32.9 Å². The Morgan fingerprint density at radius 1 is 1.14 bits per heavy atom. The first-order valence-corrected chi connectivity index (χ1v) is 10.6. The van der Waals surface area contributed by atoms with Gasteiger partial charge in [-0.2, -0.15) is 0 Å². The maximum atomic E-state index is 13.1. The second-order valence-electron chi connectivity index (χ2n) is 8.56. The second-order valence-corrected chi connectivity index (χ2v) is 8.56. The van der Waals surface area contributed by atoms with Gasteiger partial charge < -0.3 is 10.4 Å². The first-order valence-electron chi connectivity index (χ1n) is 10.6. The summed E-state index contributed by atoms with van der Waals surface area (Å²) in [6.07, 6.45) is 5.03. The van der Waals surface area contributed by atoms with E-state index in [2.05, 4.69) is 10.6 Å². The molecule has 29 heavy (non-hydrogen) atoms. The summed E-state index contributed by atoms with van der Waals surface area (Å²) in [5.41, 5.74) is -1.08. The zero-order chi connectivity index (χ0) is 21.5. The number of phenols is 1. The highest BCUT2D eigenvalue weighted by Crippen LogP contribution is 2.28. The Morgan fingerprint density at radius 3 is 2.41 bits per heavy atom. The van der Waals surface area contributed by atoms with Crippen molar-refractivity contribution in [3.8, 4) is 5.75 Å². The molecule has 1 saturated heterocycles. The number of Topliss-reactive ketones (excluding diaryl/α,β-unsaturated/α-hetero) is 2. The average molecular weight is 403 g/mol. The molecule has 0 radical (unpaired) electrons. The van der Waals surface area contributed by atoms with E-state index in [1.165, 1.54) is 0 Å². The minimum Gasteiger partial charge on any atom is -0.508 e. The number of aryl methyl sites for hydroxylation is 1. The molecule has 3 N–H and O–H groups in total. The van der Waals surface area contributed by atoms with Crippen LogP contribution in [-0.2, 0) is 20.8 Å². The molecule has 0 saturated carbocycles. The van der Waals surface area contributed by atoms with Crippen LogP contribution in [0, 0.1) is 5.41 Å². The van der Waals surface area contributed by atoms with Crippen LogP contribution in [0.2, 0.25) is 0 Å². The van der Waals surface area contributed by atoms with Gasteiger partial charge in [-0.05, 0) is 69.2 Å². The highest BCUT2D eigenvalue weighted by Gasteiger charge is 2.51. The van der Waals surface area contributed by atoms with Gasteiger partial charge in [0.05, 0.1) is 0 Å². The summed E-state index contributed by atoms with van der Waals surface area (Å²) in [4.78, 5) is 38.8. The molecule has 1 unspecified atom stereocenters. The first-order chi connectivity index (χ1) is 13.7. The van der Waals surface area contributed by atoms with Crippen LogP contribution in [0.15, 0.2) is 24.3 Å². The van der Waals surface area contributed by atoms with Crippen molar-refractivity contribution >= 4 is 17.5 Å². The quantitative estimate of drug-likeness (QED) is 0.318. The topological polar surface area (TPSA) is 95.5 Å². The maximum Gasteiger partial charge on any atom is 0.248 e. The highest BCUT2D eigenvalue weighted by atomic mass is 16.3. The van der Waals surface area contributed by atoms with Crippen LogP contribution < -0.4 is 10.6 Å². The van der Waals surface area contributed by atoms with Crippen molar-refractivity contribution in [1.82, 2.24) is 10.6 Å². The lowest BCUT2D eigenvalue weighted by Gasteiger charge is -2.36. The average Bonchev–Trinajstić information content (AvgIpc) is 2.74. The van der Waals surface area contributed by atoms with Gasteiger partial charge in [0.25, 0.3) is 0 Å². The first kappa shape index (κ1) is 23.1. The van der Waals surface area contributed by atoms with E-state index in [1.54, 1.807) is 26.0 Å². The van der Waals surface area contributed by atoms with Crippen molar-refractivity contribution in [2.45, 2.75) is 71.3 Å². The van der Waals surface area contributed by atoms with Crippen molar-refractivity contribution in [2.24, 2.45) is 5.41 Å². The number of aromatic hydroxyl groups is 1. The van der Waals surface area contributed by atoms with Crippen LogP contribution in [0.1, 0.15) is 64.9 Å². The molecule has 6 nitrogen and oxygen atoms in total. The van der Waals surface area contributed by atoms with Crippen LogP contribution in [0.25, 0.3) is 0 Å². The summed E-state index contributed by atoms with van der Waals surface area (Å²) >= 11 is 0. The standard InChI is InChI=1S/C23H34N2O4/c1-4-22(2,3)19(27)20(28)23(14-6-8-16-25-23)21(29)24-15-7-5-9-17-10-12-18(26)13-11-17/h10-13,25-26H,4-9,14-16H2,1-3H3,(H,24,29). The smallest absolute Gasteiger partial charge is 0.248 e. The number of piperidine rings is 1. The molecule has 1 atom stereocenters. The third-order valence-corrected chi connectivity index (χ3v) is 6.00. The molecule has 6 heteroatoms. The predicted octanol–water partition coefficient (Wildman–Crippen LogP) is 2.92. The van der Waals surface area contributed by atoms with Crippen molar-refractivity contribution < 1.29 is 19.5 Å². The Balaban J connectivity index is 1.93. The Kier molecular flexibility index (Phi) is 7.96. The number of carbonyl (C=O) groups excluding carboxylic acids is 3. The maximum absolute atomic E-state index is 13.1. The van der Waals surface area contributed by atoms with Crippen molar-refractivity contribution in [2.75, 3.05) is 13.1 Å². The monoisotopic (exact) mass is 402 g/mol. The largest absolute Gasteiger partial charge is 0.508 e. The van der Waals surface area contributed by atoms with Gasteiger partial charge in [0.15, 0.2) is 5.54 Å². The van der Waals surface area contributed by atoms with E-state index in [-0.39, 0.29) is 11.7 Å². The van der Waals surface area contributed by atoms with Crippen LogP contribution in [0.3, 0.4) is 0 Å². The summed E-state index contributed by atoms with van der Waals surface area (Å²) in [5.74, 6) is -1.22.